The first kappa shape index (κ1) is 15.8. The molecule has 1 aliphatic rings. The number of nitrogens with zero attached hydrogens (tertiary/aromatic N) is 1. The van der Waals surface area contributed by atoms with Gasteiger partial charge in [-0.1, -0.05) is 12.1 Å². The van der Waals surface area contributed by atoms with E-state index in [1.54, 1.807) is 14.2 Å². The maximum Gasteiger partial charge on any atom is 0.232 e. The fourth-order valence-electron chi connectivity index (χ4n) is 2.78. The van der Waals surface area contributed by atoms with Gasteiger partial charge in [-0.25, -0.2) is 0 Å². The van der Waals surface area contributed by atoms with Gasteiger partial charge in [0.1, 0.15) is 12.2 Å². The average Bonchev–Trinajstić information content (AvgIpc) is 2.90. The maximum atomic E-state index is 12.9. The number of rotatable bonds is 4. The van der Waals surface area contributed by atoms with Crippen molar-refractivity contribution in [3.63, 3.8) is 0 Å². The van der Waals surface area contributed by atoms with Gasteiger partial charge in [-0.05, 0) is 31.5 Å². The van der Waals surface area contributed by atoms with E-state index in [0.717, 1.165) is 5.56 Å². The molecule has 1 saturated heterocycles. The third kappa shape index (κ3) is 3.04. The van der Waals surface area contributed by atoms with Gasteiger partial charge < -0.3 is 20.1 Å². The van der Waals surface area contributed by atoms with E-state index in [1.165, 1.54) is 0 Å². The Kier molecular flexibility index (Phi) is 4.54. The van der Waals surface area contributed by atoms with E-state index in [0.29, 0.717) is 18.8 Å². The SMILES string of the molecule is COC1CN(C(=O)C(C)(C)c2ccc(N)cc2)CC1OC. The van der Waals surface area contributed by atoms with Gasteiger partial charge in [-0.15, -0.1) is 0 Å². The molecular weight excluding hydrogens is 268 g/mol. The molecule has 0 radical (unpaired) electrons. The Bertz CT molecular complexity index is 487. The summed E-state index contributed by atoms with van der Waals surface area (Å²) in [5.74, 6) is 0.0777. The Morgan fingerprint density at radius 1 is 1.14 bits per heavy atom. The van der Waals surface area contributed by atoms with Gasteiger partial charge in [0.05, 0.1) is 5.41 Å². The molecule has 2 rings (SSSR count). The van der Waals surface area contributed by atoms with E-state index in [2.05, 4.69) is 0 Å². The number of amides is 1. The van der Waals surface area contributed by atoms with Gasteiger partial charge in [-0.3, -0.25) is 4.79 Å². The molecule has 2 atom stereocenters. The van der Waals surface area contributed by atoms with Crippen LogP contribution in [0.3, 0.4) is 0 Å². The second-order valence-electron chi connectivity index (χ2n) is 6.01. The number of hydrogen-bond acceptors (Lipinski definition) is 4. The first-order valence-corrected chi connectivity index (χ1v) is 7.11. The van der Waals surface area contributed by atoms with Crippen LogP contribution in [0.25, 0.3) is 0 Å². The highest BCUT2D eigenvalue weighted by Gasteiger charge is 2.41. The number of carbonyl (C=O) groups excluding carboxylic acids is 1. The van der Waals surface area contributed by atoms with E-state index in [4.69, 9.17) is 15.2 Å². The number of hydrogen-bond donors (Lipinski definition) is 1. The van der Waals surface area contributed by atoms with Crippen molar-refractivity contribution in [3.05, 3.63) is 29.8 Å². The van der Waals surface area contributed by atoms with Crippen molar-refractivity contribution in [1.29, 1.82) is 0 Å². The number of ether oxygens (including phenoxy) is 2. The lowest BCUT2D eigenvalue weighted by Gasteiger charge is -2.29. The molecule has 1 heterocycles. The number of likely N-dealkylation sites (tertiary alicyclic amines) is 1. The zero-order chi connectivity index (χ0) is 15.6. The molecule has 5 heteroatoms. The summed E-state index contributed by atoms with van der Waals surface area (Å²) in [7, 11) is 3.30. The van der Waals surface area contributed by atoms with Crippen LogP contribution >= 0.6 is 0 Å². The summed E-state index contributed by atoms with van der Waals surface area (Å²) in [5.41, 5.74) is 6.76. The molecule has 0 spiro atoms. The number of carbonyl (C=O) groups is 1. The van der Waals surface area contributed by atoms with Gasteiger partial charge in [0.25, 0.3) is 0 Å². The van der Waals surface area contributed by atoms with Gasteiger partial charge in [0.15, 0.2) is 0 Å². The number of benzene rings is 1. The van der Waals surface area contributed by atoms with Crippen molar-refractivity contribution in [2.24, 2.45) is 0 Å². The largest absolute Gasteiger partial charge is 0.399 e. The Labute approximate surface area is 126 Å². The van der Waals surface area contributed by atoms with E-state index >= 15 is 0 Å². The lowest BCUT2D eigenvalue weighted by Crippen LogP contribution is -2.43. The van der Waals surface area contributed by atoms with E-state index in [1.807, 2.05) is 43.0 Å². The van der Waals surface area contributed by atoms with Gasteiger partial charge >= 0.3 is 0 Å². The number of nitrogens with two attached hydrogens (primary N) is 1. The van der Waals surface area contributed by atoms with Crippen molar-refractivity contribution >= 4 is 11.6 Å². The number of methoxy groups -OCH3 is 2. The van der Waals surface area contributed by atoms with Crippen LogP contribution in [0.5, 0.6) is 0 Å². The topological polar surface area (TPSA) is 64.8 Å². The fraction of sp³-hybridized carbons (Fsp3) is 0.562. The Hall–Kier alpha value is -1.59. The smallest absolute Gasteiger partial charge is 0.232 e. The minimum absolute atomic E-state index is 0.0684. The third-order valence-corrected chi connectivity index (χ3v) is 4.28. The minimum atomic E-state index is -0.603. The van der Waals surface area contributed by atoms with Crippen molar-refractivity contribution in [2.75, 3.05) is 33.0 Å². The molecule has 0 saturated carbocycles. The predicted octanol–water partition coefficient (Wildman–Crippen LogP) is 1.42. The molecule has 116 valence electrons. The highest BCUT2D eigenvalue weighted by molar-refractivity contribution is 5.87. The molecule has 5 nitrogen and oxygen atoms in total. The number of nitrogen functional groups attached to an aromatic ring is 1. The highest BCUT2D eigenvalue weighted by Crippen LogP contribution is 2.29. The summed E-state index contributed by atoms with van der Waals surface area (Å²) in [4.78, 5) is 14.7. The number of anilines is 1. The summed E-state index contributed by atoms with van der Waals surface area (Å²) in [5, 5.41) is 0. The molecule has 1 aromatic carbocycles. The summed E-state index contributed by atoms with van der Waals surface area (Å²) >= 11 is 0. The van der Waals surface area contributed by atoms with Gasteiger partial charge in [0, 0.05) is 33.0 Å². The third-order valence-electron chi connectivity index (χ3n) is 4.28. The quantitative estimate of drug-likeness (QED) is 0.852. The summed E-state index contributed by atoms with van der Waals surface area (Å²) < 4.78 is 10.8. The van der Waals surface area contributed by atoms with Crippen LogP contribution in [-0.2, 0) is 19.7 Å². The molecule has 2 N–H and O–H groups in total. The predicted molar refractivity (Wildman–Crippen MR) is 82.1 cm³/mol. The molecule has 1 fully saturated rings. The standard InChI is InChI=1S/C16H24N2O3/c1-16(2,11-5-7-12(17)8-6-11)15(19)18-9-13(20-3)14(10-18)21-4/h5-8,13-14H,9-10,17H2,1-4H3. The fourth-order valence-corrected chi connectivity index (χ4v) is 2.78. The van der Waals surface area contributed by atoms with Crippen molar-refractivity contribution in [3.8, 4) is 0 Å². The molecule has 0 aliphatic carbocycles. The first-order chi connectivity index (χ1) is 9.90. The van der Waals surface area contributed by atoms with Crippen LogP contribution in [0.15, 0.2) is 24.3 Å². The Morgan fingerprint density at radius 2 is 1.62 bits per heavy atom. The molecule has 0 bridgehead atoms. The van der Waals surface area contributed by atoms with Crippen LogP contribution in [0.4, 0.5) is 5.69 Å². The van der Waals surface area contributed by atoms with E-state index in [-0.39, 0.29) is 18.1 Å². The molecule has 21 heavy (non-hydrogen) atoms. The molecule has 1 amide bonds. The molecule has 2 unspecified atom stereocenters. The molecular formula is C16H24N2O3. The van der Waals surface area contributed by atoms with Crippen LogP contribution in [-0.4, -0.2) is 50.3 Å². The molecule has 1 aliphatic heterocycles. The van der Waals surface area contributed by atoms with Crippen LogP contribution in [0, 0.1) is 0 Å². The van der Waals surface area contributed by atoms with Crippen molar-refractivity contribution < 1.29 is 14.3 Å². The normalized spacial score (nSPS) is 22.6. The molecule has 0 aromatic heterocycles. The lowest BCUT2D eigenvalue weighted by atomic mass is 9.83. The minimum Gasteiger partial charge on any atom is -0.399 e. The zero-order valence-electron chi connectivity index (χ0n) is 13.1. The van der Waals surface area contributed by atoms with E-state index < -0.39 is 5.41 Å². The Balaban J connectivity index is 2.17. The van der Waals surface area contributed by atoms with Gasteiger partial charge in [0.2, 0.25) is 5.91 Å². The van der Waals surface area contributed by atoms with Crippen LogP contribution in [0.2, 0.25) is 0 Å². The van der Waals surface area contributed by atoms with E-state index in [9.17, 15) is 4.79 Å². The average molecular weight is 292 g/mol. The summed E-state index contributed by atoms with van der Waals surface area (Å²) in [6, 6.07) is 7.46. The summed E-state index contributed by atoms with van der Waals surface area (Å²) in [6.45, 7) is 4.99. The van der Waals surface area contributed by atoms with Crippen molar-refractivity contribution in [1.82, 2.24) is 4.90 Å². The lowest BCUT2D eigenvalue weighted by molar-refractivity contribution is -0.135. The Morgan fingerprint density at radius 3 is 2.05 bits per heavy atom. The van der Waals surface area contributed by atoms with Gasteiger partial charge in [-0.2, -0.15) is 0 Å². The maximum absolute atomic E-state index is 12.9. The monoisotopic (exact) mass is 292 g/mol. The van der Waals surface area contributed by atoms with Crippen LogP contribution < -0.4 is 5.73 Å². The van der Waals surface area contributed by atoms with Crippen molar-refractivity contribution in [2.45, 2.75) is 31.5 Å². The van der Waals surface area contributed by atoms with Crippen LogP contribution in [0.1, 0.15) is 19.4 Å². The summed E-state index contributed by atoms with van der Waals surface area (Å²) in [6.07, 6.45) is -0.137. The second-order valence-corrected chi connectivity index (χ2v) is 6.01. The zero-order valence-corrected chi connectivity index (χ0v) is 13.1. The molecule has 1 aromatic rings. The highest BCUT2D eigenvalue weighted by atomic mass is 16.5. The first-order valence-electron chi connectivity index (χ1n) is 7.11. The second kappa shape index (κ2) is 6.03.